The van der Waals surface area contributed by atoms with E-state index in [1.165, 1.54) is 12.1 Å². The summed E-state index contributed by atoms with van der Waals surface area (Å²) >= 11 is 0. The molecule has 2 aromatic rings. The molecule has 0 saturated heterocycles. The Bertz CT molecular complexity index is 796. The Hall–Kier alpha value is -2.32. The van der Waals surface area contributed by atoms with Crippen molar-refractivity contribution >= 4 is 21.6 Å². The van der Waals surface area contributed by atoms with E-state index in [1.807, 2.05) is 0 Å². The van der Waals surface area contributed by atoms with Crippen LogP contribution >= 0.6 is 0 Å². The highest BCUT2D eigenvalue weighted by atomic mass is 32.2. The lowest BCUT2D eigenvalue weighted by molar-refractivity contribution is -0.116. The maximum Gasteiger partial charge on any atom is 0.240 e. The lowest BCUT2D eigenvalue weighted by Crippen LogP contribution is -2.28. The minimum atomic E-state index is -3.70. The zero-order valence-electron chi connectivity index (χ0n) is 11.9. The highest BCUT2D eigenvalue weighted by Crippen LogP contribution is 2.15. The topological polar surface area (TPSA) is 75.3 Å². The number of hydrogen-bond acceptors (Lipinski definition) is 3. The molecule has 0 bridgehead atoms. The van der Waals surface area contributed by atoms with E-state index in [2.05, 4.69) is 10.0 Å². The third kappa shape index (κ3) is 4.83. The van der Waals surface area contributed by atoms with Gasteiger partial charge in [0.2, 0.25) is 15.9 Å². The van der Waals surface area contributed by atoms with Gasteiger partial charge in [-0.25, -0.2) is 21.9 Å². The highest BCUT2D eigenvalue weighted by Gasteiger charge is 2.14. The van der Waals surface area contributed by atoms with Gasteiger partial charge in [-0.15, -0.1) is 0 Å². The molecule has 0 fully saturated rings. The average Bonchev–Trinajstić information content (AvgIpc) is 2.51. The van der Waals surface area contributed by atoms with Gasteiger partial charge in [-0.1, -0.05) is 18.2 Å². The predicted octanol–water partition coefficient (Wildman–Crippen LogP) is 2.27. The number of amides is 1. The minimum Gasteiger partial charge on any atom is -0.324 e. The zero-order chi connectivity index (χ0) is 16.9. The van der Waals surface area contributed by atoms with Crippen molar-refractivity contribution in [3.8, 4) is 0 Å². The number of rotatable bonds is 6. The van der Waals surface area contributed by atoms with E-state index in [4.69, 9.17) is 0 Å². The fourth-order valence-corrected chi connectivity index (χ4v) is 2.84. The largest absolute Gasteiger partial charge is 0.324 e. The molecule has 0 unspecified atom stereocenters. The highest BCUT2D eigenvalue weighted by molar-refractivity contribution is 7.89. The van der Waals surface area contributed by atoms with Gasteiger partial charge in [0.25, 0.3) is 0 Å². The summed E-state index contributed by atoms with van der Waals surface area (Å²) in [6.07, 6.45) is -0.192. The molecule has 2 N–H and O–H groups in total. The van der Waals surface area contributed by atoms with E-state index < -0.39 is 27.6 Å². The summed E-state index contributed by atoms with van der Waals surface area (Å²) in [7, 11) is -3.70. The molecule has 1 amide bonds. The Morgan fingerprint density at radius 1 is 1.04 bits per heavy atom. The van der Waals surface area contributed by atoms with E-state index in [-0.39, 0.29) is 23.5 Å². The van der Waals surface area contributed by atoms with Crippen molar-refractivity contribution in [3.05, 3.63) is 60.2 Å². The number of nitrogens with one attached hydrogen (secondary N) is 2. The molecule has 0 radical (unpaired) electrons. The van der Waals surface area contributed by atoms with Crippen molar-refractivity contribution in [2.75, 3.05) is 11.9 Å². The summed E-state index contributed by atoms with van der Waals surface area (Å²) in [4.78, 5) is 11.8. The molecular weight excluding hydrogens is 326 g/mol. The van der Waals surface area contributed by atoms with Crippen LogP contribution in [0.5, 0.6) is 0 Å². The van der Waals surface area contributed by atoms with Crippen LogP contribution in [-0.4, -0.2) is 20.9 Å². The third-order valence-corrected chi connectivity index (χ3v) is 4.38. The maximum atomic E-state index is 13.4. The van der Waals surface area contributed by atoms with E-state index in [1.54, 1.807) is 18.2 Å². The van der Waals surface area contributed by atoms with Crippen molar-refractivity contribution in [2.45, 2.75) is 11.3 Å². The molecule has 0 aromatic heterocycles. The molecular formula is C15H14F2N2O3S. The Labute approximate surface area is 132 Å². The monoisotopic (exact) mass is 340 g/mol. The number of carbonyl (C=O) groups excluding carboxylic acids is 1. The predicted molar refractivity (Wildman–Crippen MR) is 81.2 cm³/mol. The second-order valence-electron chi connectivity index (χ2n) is 4.63. The summed E-state index contributed by atoms with van der Waals surface area (Å²) in [5, 5.41) is 2.25. The summed E-state index contributed by atoms with van der Waals surface area (Å²) < 4.78 is 52.2. The van der Waals surface area contributed by atoms with Crippen LogP contribution in [0.15, 0.2) is 53.4 Å². The van der Waals surface area contributed by atoms with Gasteiger partial charge in [0.05, 0.1) is 10.6 Å². The van der Waals surface area contributed by atoms with E-state index in [0.29, 0.717) is 6.07 Å². The van der Waals surface area contributed by atoms with Gasteiger partial charge in [0.1, 0.15) is 11.6 Å². The van der Waals surface area contributed by atoms with Crippen molar-refractivity contribution in [1.29, 1.82) is 0 Å². The van der Waals surface area contributed by atoms with Gasteiger partial charge in [-0.3, -0.25) is 4.79 Å². The minimum absolute atomic E-state index is 0.0880. The molecule has 0 atom stereocenters. The first-order valence-corrected chi connectivity index (χ1v) is 8.16. The fraction of sp³-hybridized carbons (Fsp3) is 0.133. The smallest absolute Gasteiger partial charge is 0.240 e. The van der Waals surface area contributed by atoms with Crippen LogP contribution < -0.4 is 10.0 Å². The number of hydrogen-bond donors (Lipinski definition) is 2. The van der Waals surface area contributed by atoms with Gasteiger partial charge < -0.3 is 5.32 Å². The average molecular weight is 340 g/mol. The Morgan fingerprint density at radius 3 is 2.39 bits per heavy atom. The fourth-order valence-electron chi connectivity index (χ4n) is 1.79. The van der Waals surface area contributed by atoms with Crippen molar-refractivity contribution in [1.82, 2.24) is 4.72 Å². The Morgan fingerprint density at radius 2 is 1.74 bits per heavy atom. The molecule has 0 heterocycles. The number of benzene rings is 2. The second kappa shape index (κ2) is 7.30. The van der Waals surface area contributed by atoms with Gasteiger partial charge in [0.15, 0.2) is 0 Å². The van der Waals surface area contributed by atoms with Crippen molar-refractivity contribution < 1.29 is 22.0 Å². The van der Waals surface area contributed by atoms with E-state index in [0.717, 1.165) is 12.1 Å². The molecule has 23 heavy (non-hydrogen) atoms. The number of sulfonamides is 1. The van der Waals surface area contributed by atoms with Crippen molar-refractivity contribution in [2.24, 2.45) is 0 Å². The summed E-state index contributed by atoms with van der Waals surface area (Å²) in [6, 6.07) is 10.5. The van der Waals surface area contributed by atoms with Crippen LogP contribution in [0.1, 0.15) is 6.42 Å². The van der Waals surface area contributed by atoms with Crippen molar-refractivity contribution in [3.63, 3.8) is 0 Å². The molecule has 5 nitrogen and oxygen atoms in total. The molecule has 122 valence electrons. The Kier molecular flexibility index (Phi) is 5.41. The standard InChI is InChI=1S/C15H14F2N2O3S/c16-11-6-7-14(13(17)10-11)19-15(20)8-9-18-23(21,22)12-4-2-1-3-5-12/h1-7,10,18H,8-9H2,(H,19,20). The molecule has 0 spiro atoms. The van der Waals surface area contributed by atoms with Gasteiger partial charge in [-0.05, 0) is 24.3 Å². The first kappa shape index (κ1) is 17.0. The quantitative estimate of drug-likeness (QED) is 0.847. The maximum absolute atomic E-state index is 13.4. The van der Waals surface area contributed by atoms with Gasteiger partial charge >= 0.3 is 0 Å². The van der Waals surface area contributed by atoms with Gasteiger partial charge in [-0.2, -0.15) is 0 Å². The second-order valence-corrected chi connectivity index (χ2v) is 6.40. The lowest BCUT2D eigenvalue weighted by Gasteiger charge is -2.08. The lowest BCUT2D eigenvalue weighted by atomic mass is 10.3. The zero-order valence-corrected chi connectivity index (χ0v) is 12.7. The molecule has 2 aromatic carbocycles. The molecule has 0 saturated carbocycles. The van der Waals surface area contributed by atoms with Gasteiger partial charge in [0, 0.05) is 19.0 Å². The summed E-state index contributed by atoms with van der Waals surface area (Å²) in [6.45, 7) is -0.147. The van der Waals surface area contributed by atoms with E-state index in [9.17, 15) is 22.0 Å². The van der Waals surface area contributed by atoms with Crippen LogP contribution in [0.4, 0.5) is 14.5 Å². The first-order chi connectivity index (χ1) is 10.9. The van der Waals surface area contributed by atoms with E-state index >= 15 is 0 Å². The molecule has 0 aliphatic heterocycles. The first-order valence-electron chi connectivity index (χ1n) is 6.68. The Balaban J connectivity index is 1.88. The number of anilines is 1. The molecule has 8 heteroatoms. The van der Waals surface area contributed by atoms with Crippen LogP contribution in [0.3, 0.4) is 0 Å². The van der Waals surface area contributed by atoms with Crippen LogP contribution in [0.25, 0.3) is 0 Å². The molecule has 2 rings (SSSR count). The third-order valence-electron chi connectivity index (χ3n) is 2.90. The molecule has 0 aliphatic carbocycles. The number of carbonyl (C=O) groups is 1. The van der Waals surface area contributed by atoms with Crippen LogP contribution in [0.2, 0.25) is 0 Å². The van der Waals surface area contributed by atoms with Crippen LogP contribution in [0, 0.1) is 11.6 Å². The summed E-state index contributed by atoms with van der Waals surface area (Å²) in [5.41, 5.74) is -0.165. The summed E-state index contributed by atoms with van der Waals surface area (Å²) in [5.74, 6) is -2.24. The SMILES string of the molecule is O=C(CCNS(=O)(=O)c1ccccc1)Nc1ccc(F)cc1F. The number of halogens is 2. The van der Waals surface area contributed by atoms with Crippen LogP contribution in [-0.2, 0) is 14.8 Å². The normalized spacial score (nSPS) is 11.2. The molecule has 0 aliphatic rings.